The Labute approximate surface area is 148 Å². The van der Waals surface area contributed by atoms with Gasteiger partial charge in [0.1, 0.15) is 0 Å². The number of rotatable bonds is 4. The van der Waals surface area contributed by atoms with Crippen LogP contribution in [-0.2, 0) is 4.79 Å². The lowest BCUT2D eigenvalue weighted by Gasteiger charge is -2.26. The number of nitrogens with one attached hydrogen (secondary N) is 1. The lowest BCUT2D eigenvalue weighted by Crippen LogP contribution is -2.35. The molecule has 130 valence electrons. The van der Waals surface area contributed by atoms with Crippen molar-refractivity contribution in [1.29, 1.82) is 0 Å². The molecule has 2 aromatic carbocycles. The zero-order valence-corrected chi connectivity index (χ0v) is 14.7. The van der Waals surface area contributed by atoms with E-state index in [0.29, 0.717) is 17.7 Å². The van der Waals surface area contributed by atoms with E-state index in [1.54, 1.807) is 6.07 Å². The summed E-state index contributed by atoms with van der Waals surface area (Å²) in [5.74, 6) is 0.0223. The number of amides is 2. The van der Waals surface area contributed by atoms with Gasteiger partial charge >= 0.3 is 0 Å². The van der Waals surface area contributed by atoms with E-state index in [4.69, 9.17) is 0 Å². The molecule has 3 rings (SSSR count). The number of nitrogens with zero attached hydrogens (tertiary/aromatic N) is 2. The maximum absolute atomic E-state index is 12.4. The summed E-state index contributed by atoms with van der Waals surface area (Å²) >= 11 is 0. The van der Waals surface area contributed by atoms with Crippen LogP contribution in [0.25, 0.3) is 0 Å². The normalized spacial score (nSPS) is 14.3. The van der Waals surface area contributed by atoms with Crippen molar-refractivity contribution in [2.24, 2.45) is 0 Å². The van der Waals surface area contributed by atoms with Crippen LogP contribution in [0.15, 0.2) is 48.5 Å². The van der Waals surface area contributed by atoms with E-state index in [1.165, 1.54) is 0 Å². The summed E-state index contributed by atoms with van der Waals surface area (Å²) in [6.45, 7) is 0.766. The highest BCUT2D eigenvalue weighted by molar-refractivity contribution is 6.05. The first-order valence-electron chi connectivity index (χ1n) is 8.54. The SMILES string of the molecule is CN(C)c1cccc(C(=O)Nc2ccc(N3CCCCC3=O)cc2)c1. The van der Waals surface area contributed by atoms with Gasteiger partial charge in [-0.15, -0.1) is 0 Å². The van der Waals surface area contributed by atoms with E-state index in [-0.39, 0.29) is 11.8 Å². The van der Waals surface area contributed by atoms with Gasteiger partial charge in [0.05, 0.1) is 0 Å². The number of carbonyl (C=O) groups excluding carboxylic acids is 2. The molecule has 1 N–H and O–H groups in total. The maximum Gasteiger partial charge on any atom is 0.255 e. The summed E-state index contributed by atoms with van der Waals surface area (Å²) < 4.78 is 0. The van der Waals surface area contributed by atoms with Gasteiger partial charge < -0.3 is 15.1 Å². The predicted octanol–water partition coefficient (Wildman–Crippen LogP) is 3.52. The summed E-state index contributed by atoms with van der Waals surface area (Å²) in [5.41, 5.74) is 3.19. The first kappa shape index (κ1) is 17.0. The molecular weight excluding hydrogens is 314 g/mol. The third-order valence-corrected chi connectivity index (χ3v) is 4.39. The second-order valence-corrected chi connectivity index (χ2v) is 6.45. The lowest BCUT2D eigenvalue weighted by atomic mass is 10.1. The number of carbonyl (C=O) groups is 2. The maximum atomic E-state index is 12.4. The molecule has 0 aliphatic carbocycles. The third kappa shape index (κ3) is 3.99. The van der Waals surface area contributed by atoms with Gasteiger partial charge in [-0.05, 0) is 55.3 Å². The summed E-state index contributed by atoms with van der Waals surface area (Å²) in [5, 5.41) is 2.90. The quantitative estimate of drug-likeness (QED) is 0.929. The van der Waals surface area contributed by atoms with Gasteiger partial charge in [0.25, 0.3) is 5.91 Å². The summed E-state index contributed by atoms with van der Waals surface area (Å²) in [6.07, 6.45) is 2.61. The summed E-state index contributed by atoms with van der Waals surface area (Å²) in [7, 11) is 3.88. The van der Waals surface area contributed by atoms with E-state index < -0.39 is 0 Å². The van der Waals surface area contributed by atoms with Gasteiger partial charge in [0.2, 0.25) is 5.91 Å². The number of hydrogen-bond acceptors (Lipinski definition) is 3. The summed E-state index contributed by atoms with van der Waals surface area (Å²) in [4.78, 5) is 28.2. The van der Waals surface area contributed by atoms with Crippen LogP contribution in [0.2, 0.25) is 0 Å². The Morgan fingerprint density at radius 3 is 2.52 bits per heavy atom. The molecule has 0 aromatic heterocycles. The first-order valence-corrected chi connectivity index (χ1v) is 8.54. The molecule has 1 fully saturated rings. The molecule has 5 heteroatoms. The van der Waals surface area contributed by atoms with Crippen molar-refractivity contribution in [1.82, 2.24) is 0 Å². The second-order valence-electron chi connectivity index (χ2n) is 6.45. The standard InChI is InChI=1S/C20H23N3O2/c1-22(2)18-7-5-6-15(14-18)20(25)21-16-9-11-17(12-10-16)23-13-4-3-8-19(23)24/h5-7,9-12,14H,3-4,8,13H2,1-2H3,(H,21,25). The van der Waals surface area contributed by atoms with Gasteiger partial charge in [-0.2, -0.15) is 0 Å². The zero-order valence-electron chi connectivity index (χ0n) is 14.7. The third-order valence-electron chi connectivity index (χ3n) is 4.39. The van der Waals surface area contributed by atoms with E-state index in [2.05, 4.69) is 5.32 Å². The highest BCUT2D eigenvalue weighted by Crippen LogP contribution is 2.23. The molecule has 0 bridgehead atoms. The average molecular weight is 337 g/mol. The molecule has 0 atom stereocenters. The number of anilines is 3. The van der Waals surface area contributed by atoms with Crippen LogP contribution in [0, 0.1) is 0 Å². The van der Waals surface area contributed by atoms with Crippen LogP contribution in [0.3, 0.4) is 0 Å². The Bertz CT molecular complexity index is 769. The van der Waals surface area contributed by atoms with Gasteiger partial charge in [-0.3, -0.25) is 9.59 Å². The van der Waals surface area contributed by atoms with Gasteiger partial charge in [-0.1, -0.05) is 6.07 Å². The average Bonchev–Trinajstić information content (AvgIpc) is 2.63. The van der Waals surface area contributed by atoms with Crippen molar-refractivity contribution in [3.8, 4) is 0 Å². The number of hydrogen-bond donors (Lipinski definition) is 1. The minimum atomic E-state index is -0.148. The Hall–Kier alpha value is -2.82. The molecule has 1 aliphatic heterocycles. The molecule has 2 aromatic rings. The fraction of sp³-hybridized carbons (Fsp3) is 0.300. The van der Waals surface area contributed by atoms with Gasteiger partial charge in [0, 0.05) is 49.7 Å². The van der Waals surface area contributed by atoms with Crippen LogP contribution < -0.4 is 15.1 Å². The molecule has 0 saturated carbocycles. The number of piperidine rings is 1. The predicted molar refractivity (Wildman–Crippen MR) is 101 cm³/mol. The molecule has 25 heavy (non-hydrogen) atoms. The molecule has 2 amide bonds. The minimum absolute atomic E-state index is 0.148. The Morgan fingerprint density at radius 2 is 1.84 bits per heavy atom. The molecule has 1 heterocycles. The van der Waals surface area contributed by atoms with Gasteiger partial charge in [-0.25, -0.2) is 0 Å². The van der Waals surface area contributed by atoms with Gasteiger partial charge in [0.15, 0.2) is 0 Å². The molecule has 1 saturated heterocycles. The smallest absolute Gasteiger partial charge is 0.255 e. The van der Waals surface area contributed by atoms with Crippen molar-refractivity contribution in [2.75, 3.05) is 35.8 Å². The highest BCUT2D eigenvalue weighted by atomic mass is 16.2. The Balaban J connectivity index is 1.70. The van der Waals surface area contributed by atoms with Crippen molar-refractivity contribution >= 4 is 28.9 Å². The van der Waals surface area contributed by atoms with Crippen LogP contribution >= 0.6 is 0 Å². The van der Waals surface area contributed by atoms with Crippen molar-refractivity contribution < 1.29 is 9.59 Å². The monoisotopic (exact) mass is 337 g/mol. The van der Waals surface area contributed by atoms with Crippen molar-refractivity contribution in [3.05, 3.63) is 54.1 Å². The molecule has 5 nitrogen and oxygen atoms in total. The molecule has 1 aliphatic rings. The topological polar surface area (TPSA) is 52.7 Å². The summed E-state index contributed by atoms with van der Waals surface area (Å²) in [6, 6.07) is 14.9. The lowest BCUT2D eigenvalue weighted by molar-refractivity contribution is -0.119. The van der Waals surface area contributed by atoms with Crippen molar-refractivity contribution in [2.45, 2.75) is 19.3 Å². The van der Waals surface area contributed by atoms with E-state index >= 15 is 0 Å². The van der Waals surface area contributed by atoms with E-state index in [9.17, 15) is 9.59 Å². The molecular formula is C20H23N3O2. The largest absolute Gasteiger partial charge is 0.378 e. The Kier molecular flexibility index (Phi) is 5.03. The number of benzene rings is 2. The first-order chi connectivity index (χ1) is 12.0. The fourth-order valence-corrected chi connectivity index (χ4v) is 2.93. The molecule has 0 radical (unpaired) electrons. The molecule has 0 spiro atoms. The van der Waals surface area contributed by atoms with Crippen LogP contribution in [0.5, 0.6) is 0 Å². The molecule has 0 unspecified atom stereocenters. The Morgan fingerprint density at radius 1 is 1.08 bits per heavy atom. The highest BCUT2D eigenvalue weighted by Gasteiger charge is 2.19. The van der Waals surface area contributed by atoms with E-state index in [0.717, 1.165) is 30.8 Å². The minimum Gasteiger partial charge on any atom is -0.378 e. The zero-order chi connectivity index (χ0) is 17.8. The fourth-order valence-electron chi connectivity index (χ4n) is 2.93. The second kappa shape index (κ2) is 7.38. The van der Waals surface area contributed by atoms with Crippen LogP contribution in [0.1, 0.15) is 29.6 Å². The van der Waals surface area contributed by atoms with Crippen LogP contribution in [0.4, 0.5) is 17.1 Å². The van der Waals surface area contributed by atoms with E-state index in [1.807, 2.05) is 66.4 Å². The van der Waals surface area contributed by atoms with Crippen molar-refractivity contribution in [3.63, 3.8) is 0 Å². The van der Waals surface area contributed by atoms with Crippen LogP contribution in [-0.4, -0.2) is 32.5 Å².